The van der Waals surface area contributed by atoms with Crippen molar-refractivity contribution in [1.82, 2.24) is 15.5 Å². The SMILES string of the molecule is COC(=O)C(NC(=O)c1ccccc1)c1nnc(Nc2ccc(OC)cc2)s1. The number of carbonyl (C=O) groups is 2. The van der Waals surface area contributed by atoms with E-state index in [1.165, 1.54) is 7.11 Å². The zero-order chi connectivity index (χ0) is 19.9. The first-order valence-electron chi connectivity index (χ1n) is 8.29. The van der Waals surface area contributed by atoms with E-state index in [0.29, 0.717) is 15.7 Å². The molecule has 0 radical (unpaired) electrons. The molecule has 2 N–H and O–H groups in total. The highest BCUT2D eigenvalue weighted by Crippen LogP contribution is 2.26. The van der Waals surface area contributed by atoms with Gasteiger partial charge in [0.15, 0.2) is 11.0 Å². The number of anilines is 2. The van der Waals surface area contributed by atoms with Crippen LogP contribution in [0.3, 0.4) is 0 Å². The Morgan fingerprint density at radius 3 is 2.36 bits per heavy atom. The molecule has 0 bridgehead atoms. The Bertz CT molecular complexity index is 944. The summed E-state index contributed by atoms with van der Waals surface area (Å²) >= 11 is 1.15. The lowest BCUT2D eigenvalue weighted by molar-refractivity contribution is -0.143. The van der Waals surface area contributed by atoms with Crippen LogP contribution in [0.5, 0.6) is 5.75 Å². The fourth-order valence-corrected chi connectivity index (χ4v) is 3.15. The summed E-state index contributed by atoms with van der Waals surface area (Å²) in [6.07, 6.45) is 0. The lowest BCUT2D eigenvalue weighted by Crippen LogP contribution is -2.34. The predicted molar refractivity (Wildman–Crippen MR) is 105 cm³/mol. The fraction of sp³-hybridized carbons (Fsp3) is 0.158. The van der Waals surface area contributed by atoms with Crippen molar-refractivity contribution in [2.24, 2.45) is 0 Å². The van der Waals surface area contributed by atoms with Crippen molar-refractivity contribution in [3.05, 3.63) is 65.2 Å². The van der Waals surface area contributed by atoms with Crippen LogP contribution in [0.2, 0.25) is 0 Å². The van der Waals surface area contributed by atoms with E-state index in [1.807, 2.05) is 24.3 Å². The van der Waals surface area contributed by atoms with Crippen LogP contribution in [0.4, 0.5) is 10.8 Å². The van der Waals surface area contributed by atoms with Crippen LogP contribution in [0, 0.1) is 0 Å². The number of hydrogen-bond acceptors (Lipinski definition) is 8. The molecule has 0 aliphatic heterocycles. The van der Waals surface area contributed by atoms with Gasteiger partial charge in [0, 0.05) is 11.3 Å². The third-order valence-corrected chi connectivity index (χ3v) is 4.68. The Labute approximate surface area is 165 Å². The third kappa shape index (κ3) is 4.63. The minimum atomic E-state index is -1.05. The number of hydrogen-bond donors (Lipinski definition) is 2. The predicted octanol–water partition coefficient (Wildman–Crippen LogP) is 2.93. The van der Waals surface area contributed by atoms with Gasteiger partial charge in [-0.2, -0.15) is 0 Å². The first-order valence-corrected chi connectivity index (χ1v) is 9.10. The quantitative estimate of drug-likeness (QED) is 0.590. The summed E-state index contributed by atoms with van der Waals surface area (Å²) in [4.78, 5) is 24.6. The molecule has 1 atom stereocenters. The second kappa shape index (κ2) is 8.96. The van der Waals surface area contributed by atoms with E-state index in [4.69, 9.17) is 9.47 Å². The molecule has 1 heterocycles. The average Bonchev–Trinajstić information content (AvgIpc) is 3.20. The minimum Gasteiger partial charge on any atom is -0.497 e. The molecule has 0 fully saturated rings. The van der Waals surface area contributed by atoms with Crippen molar-refractivity contribution in [1.29, 1.82) is 0 Å². The Hall–Kier alpha value is -3.46. The van der Waals surface area contributed by atoms with Crippen LogP contribution in [0.1, 0.15) is 21.4 Å². The molecule has 1 amide bonds. The number of nitrogens with one attached hydrogen (secondary N) is 2. The maximum atomic E-state index is 12.4. The van der Waals surface area contributed by atoms with E-state index in [0.717, 1.165) is 22.8 Å². The van der Waals surface area contributed by atoms with Crippen LogP contribution < -0.4 is 15.4 Å². The molecule has 3 rings (SSSR count). The molecular weight excluding hydrogens is 380 g/mol. The Morgan fingerprint density at radius 1 is 1.00 bits per heavy atom. The summed E-state index contributed by atoms with van der Waals surface area (Å²) < 4.78 is 9.93. The normalized spacial score (nSPS) is 11.4. The monoisotopic (exact) mass is 398 g/mol. The average molecular weight is 398 g/mol. The lowest BCUT2D eigenvalue weighted by atomic mass is 10.2. The van der Waals surface area contributed by atoms with E-state index in [2.05, 4.69) is 20.8 Å². The molecule has 9 heteroatoms. The maximum Gasteiger partial charge on any atom is 0.335 e. The number of rotatable bonds is 7. The zero-order valence-electron chi connectivity index (χ0n) is 15.2. The van der Waals surface area contributed by atoms with E-state index in [1.54, 1.807) is 37.4 Å². The van der Waals surface area contributed by atoms with Gasteiger partial charge in [0.05, 0.1) is 14.2 Å². The van der Waals surface area contributed by atoms with Crippen LogP contribution in [-0.2, 0) is 9.53 Å². The fourth-order valence-electron chi connectivity index (χ4n) is 2.34. The third-order valence-electron chi connectivity index (χ3n) is 3.78. The van der Waals surface area contributed by atoms with Gasteiger partial charge in [-0.1, -0.05) is 29.5 Å². The maximum absolute atomic E-state index is 12.4. The van der Waals surface area contributed by atoms with Gasteiger partial charge in [0.2, 0.25) is 5.13 Å². The minimum absolute atomic E-state index is 0.312. The number of methoxy groups -OCH3 is 2. The van der Waals surface area contributed by atoms with Crippen LogP contribution in [0.15, 0.2) is 54.6 Å². The van der Waals surface area contributed by atoms with E-state index >= 15 is 0 Å². The Balaban J connectivity index is 1.75. The molecule has 0 saturated carbocycles. The van der Waals surface area contributed by atoms with Gasteiger partial charge in [-0.05, 0) is 36.4 Å². The number of esters is 1. The van der Waals surface area contributed by atoms with Crippen molar-refractivity contribution in [3.8, 4) is 5.75 Å². The molecule has 144 valence electrons. The highest BCUT2D eigenvalue weighted by molar-refractivity contribution is 7.15. The number of benzene rings is 2. The standard InChI is InChI=1S/C19H18N4O4S/c1-26-14-10-8-13(9-11-14)20-19-23-22-17(28-19)15(18(25)27-2)21-16(24)12-6-4-3-5-7-12/h3-11,15H,1-2H3,(H,20,23)(H,21,24). The van der Waals surface area contributed by atoms with Gasteiger partial charge >= 0.3 is 5.97 Å². The molecular formula is C19H18N4O4S. The molecule has 2 aromatic carbocycles. The van der Waals surface area contributed by atoms with Gasteiger partial charge in [0.25, 0.3) is 5.91 Å². The summed E-state index contributed by atoms with van der Waals surface area (Å²) in [7, 11) is 2.84. The van der Waals surface area contributed by atoms with Crippen molar-refractivity contribution in [2.45, 2.75) is 6.04 Å². The molecule has 3 aromatic rings. The van der Waals surface area contributed by atoms with Crippen molar-refractivity contribution in [3.63, 3.8) is 0 Å². The number of aromatic nitrogens is 2. The van der Waals surface area contributed by atoms with Crippen LogP contribution in [0.25, 0.3) is 0 Å². The summed E-state index contributed by atoms with van der Waals surface area (Å²) in [6.45, 7) is 0. The second-order valence-electron chi connectivity index (χ2n) is 5.59. The highest BCUT2D eigenvalue weighted by Gasteiger charge is 2.28. The second-order valence-corrected chi connectivity index (χ2v) is 6.60. The van der Waals surface area contributed by atoms with Gasteiger partial charge in [0.1, 0.15) is 5.75 Å². The number of nitrogens with zero attached hydrogens (tertiary/aromatic N) is 2. The van der Waals surface area contributed by atoms with E-state index in [-0.39, 0.29) is 0 Å². The Morgan fingerprint density at radius 2 is 1.71 bits per heavy atom. The molecule has 28 heavy (non-hydrogen) atoms. The first kappa shape index (κ1) is 19.3. The van der Waals surface area contributed by atoms with Gasteiger partial charge in [-0.15, -0.1) is 10.2 Å². The molecule has 0 aliphatic rings. The number of carbonyl (C=O) groups excluding carboxylic acids is 2. The summed E-state index contributed by atoms with van der Waals surface area (Å²) in [6, 6.07) is 14.8. The van der Waals surface area contributed by atoms with Gasteiger partial charge in [-0.3, -0.25) is 4.79 Å². The van der Waals surface area contributed by atoms with Crippen molar-refractivity contribution < 1.29 is 19.1 Å². The van der Waals surface area contributed by atoms with E-state index < -0.39 is 17.9 Å². The number of amides is 1. The van der Waals surface area contributed by atoms with Crippen LogP contribution in [-0.4, -0.2) is 36.3 Å². The van der Waals surface area contributed by atoms with Gasteiger partial charge in [-0.25, -0.2) is 4.79 Å². The largest absolute Gasteiger partial charge is 0.497 e. The van der Waals surface area contributed by atoms with E-state index in [9.17, 15) is 9.59 Å². The summed E-state index contributed by atoms with van der Waals surface area (Å²) in [5.41, 5.74) is 1.21. The Kier molecular flexibility index (Phi) is 6.18. The molecule has 1 unspecified atom stereocenters. The van der Waals surface area contributed by atoms with Crippen LogP contribution >= 0.6 is 11.3 Å². The van der Waals surface area contributed by atoms with Crippen molar-refractivity contribution >= 4 is 34.0 Å². The summed E-state index contributed by atoms with van der Waals surface area (Å²) in [5, 5.41) is 14.6. The summed E-state index contributed by atoms with van der Waals surface area (Å²) in [5.74, 6) is -0.301. The zero-order valence-corrected chi connectivity index (χ0v) is 16.0. The molecule has 0 spiro atoms. The molecule has 8 nitrogen and oxygen atoms in total. The first-order chi connectivity index (χ1) is 13.6. The van der Waals surface area contributed by atoms with Crippen molar-refractivity contribution in [2.75, 3.05) is 19.5 Å². The highest BCUT2D eigenvalue weighted by atomic mass is 32.1. The molecule has 1 aromatic heterocycles. The smallest absolute Gasteiger partial charge is 0.335 e. The molecule has 0 saturated heterocycles. The molecule has 0 aliphatic carbocycles. The lowest BCUT2D eigenvalue weighted by Gasteiger charge is -2.13. The number of ether oxygens (including phenoxy) is 2. The van der Waals surface area contributed by atoms with Gasteiger partial charge < -0.3 is 20.1 Å². The topological polar surface area (TPSA) is 102 Å².